The topological polar surface area (TPSA) is 51.3 Å². The number of hydrogen-bond acceptors (Lipinski definition) is 3. The molecule has 0 unspecified atom stereocenters. The fraction of sp³-hybridized carbons (Fsp3) is 0.273. The number of allylic oxidation sites excluding steroid dienone is 2. The maximum absolute atomic E-state index is 5.78. The molecule has 1 aromatic heterocycles. The summed E-state index contributed by atoms with van der Waals surface area (Å²) in [7, 11) is 0. The Balaban J connectivity index is 2.89. The molecule has 0 radical (unpaired) electrons. The summed E-state index contributed by atoms with van der Waals surface area (Å²) in [6.45, 7) is 4.00. The minimum Gasteiger partial charge on any atom is -0.396 e. The molecule has 0 aliphatic rings. The second-order valence-corrected chi connectivity index (χ2v) is 2.91. The number of aromatic nitrogens is 1. The number of nitrogens with two attached hydrogens (primary N) is 1. The Bertz CT molecular complexity index is 354. The Hall–Kier alpha value is -1.64. The van der Waals surface area contributed by atoms with Crippen LogP contribution in [0.2, 0.25) is 0 Å². The molecule has 0 saturated heterocycles. The van der Waals surface area contributed by atoms with Gasteiger partial charge < -0.3 is 5.73 Å². The van der Waals surface area contributed by atoms with Crippen LogP contribution >= 0.6 is 0 Å². The quantitative estimate of drug-likeness (QED) is 0.743. The fourth-order valence-electron chi connectivity index (χ4n) is 1.02. The first kappa shape index (κ1) is 10.4. The van der Waals surface area contributed by atoms with Gasteiger partial charge in [0.25, 0.3) is 0 Å². The molecule has 2 N–H and O–H groups in total. The highest BCUT2D eigenvalue weighted by Crippen LogP contribution is 2.19. The molecule has 1 rings (SSSR count). The second-order valence-electron chi connectivity index (χ2n) is 2.91. The zero-order valence-electron chi connectivity index (χ0n) is 8.57. The number of rotatable bonds is 3. The van der Waals surface area contributed by atoms with Crippen LogP contribution in [-0.2, 0) is 6.42 Å². The zero-order valence-corrected chi connectivity index (χ0v) is 8.57. The maximum Gasteiger partial charge on any atom is 0.175 e. The number of aliphatic imine (C=N–C) groups is 1. The van der Waals surface area contributed by atoms with Crippen LogP contribution in [0.4, 0.5) is 11.5 Å². The molecular formula is C11H15N3. The third-order valence-corrected chi connectivity index (χ3v) is 1.84. The molecule has 0 bridgehead atoms. The third-order valence-electron chi connectivity index (χ3n) is 1.84. The van der Waals surface area contributed by atoms with Crippen molar-refractivity contribution in [3.8, 4) is 0 Å². The summed E-state index contributed by atoms with van der Waals surface area (Å²) in [4.78, 5) is 8.29. The molecule has 1 aromatic rings. The fourth-order valence-corrected chi connectivity index (χ4v) is 1.02. The number of nitrogens with zero attached hydrogens (tertiary/aromatic N) is 2. The average Bonchev–Trinajstić information content (AvgIpc) is 2.20. The van der Waals surface area contributed by atoms with Crippen LogP contribution in [0.1, 0.15) is 19.4 Å². The first-order valence-corrected chi connectivity index (χ1v) is 4.67. The highest BCUT2D eigenvalue weighted by Gasteiger charge is 1.98. The summed E-state index contributed by atoms with van der Waals surface area (Å²) in [6, 6.07) is 1.91. The van der Waals surface area contributed by atoms with Crippen molar-refractivity contribution >= 4 is 17.7 Å². The zero-order chi connectivity index (χ0) is 10.4. The van der Waals surface area contributed by atoms with E-state index in [0.29, 0.717) is 11.5 Å². The number of anilines is 1. The van der Waals surface area contributed by atoms with Crippen LogP contribution < -0.4 is 5.73 Å². The molecule has 0 amide bonds. The van der Waals surface area contributed by atoms with E-state index in [9.17, 15) is 0 Å². The number of aryl methyl sites for hydroxylation is 1. The van der Waals surface area contributed by atoms with Crippen LogP contribution in [-0.4, -0.2) is 11.2 Å². The average molecular weight is 189 g/mol. The van der Waals surface area contributed by atoms with Gasteiger partial charge in [0.15, 0.2) is 5.82 Å². The number of nitrogen functional groups attached to an aromatic ring is 1. The lowest BCUT2D eigenvalue weighted by molar-refractivity contribution is 1.10. The van der Waals surface area contributed by atoms with Crippen LogP contribution in [0, 0.1) is 0 Å². The van der Waals surface area contributed by atoms with Crippen molar-refractivity contribution < 1.29 is 0 Å². The largest absolute Gasteiger partial charge is 0.396 e. The van der Waals surface area contributed by atoms with Gasteiger partial charge in [0.1, 0.15) is 0 Å². The summed E-state index contributed by atoms with van der Waals surface area (Å²) < 4.78 is 0. The summed E-state index contributed by atoms with van der Waals surface area (Å²) in [5, 5.41) is 0. The van der Waals surface area contributed by atoms with Gasteiger partial charge in [-0.25, -0.2) is 9.98 Å². The third kappa shape index (κ3) is 2.69. The highest BCUT2D eigenvalue weighted by atomic mass is 14.9. The van der Waals surface area contributed by atoms with E-state index in [1.807, 2.05) is 25.1 Å². The standard InChI is InChI=1S/C11H15N3/c1-3-5-6-13-11-10(12)7-9(4-2)8-14-11/h3,5-8H,4,12H2,1-2H3/b5-3-,13-6-. The lowest BCUT2D eigenvalue weighted by Crippen LogP contribution is -1.91. The second kappa shape index (κ2) is 5.17. The Kier molecular flexibility index (Phi) is 3.85. The van der Waals surface area contributed by atoms with Crippen molar-refractivity contribution in [3.05, 3.63) is 30.0 Å². The predicted octanol–water partition coefficient (Wildman–Crippen LogP) is 2.50. The van der Waals surface area contributed by atoms with E-state index in [4.69, 9.17) is 5.73 Å². The molecule has 14 heavy (non-hydrogen) atoms. The van der Waals surface area contributed by atoms with Crippen molar-refractivity contribution in [2.75, 3.05) is 5.73 Å². The van der Waals surface area contributed by atoms with Gasteiger partial charge in [0.05, 0.1) is 5.69 Å². The van der Waals surface area contributed by atoms with Crippen LogP contribution in [0.5, 0.6) is 0 Å². The SMILES string of the molecule is C/C=C\C=N/c1ncc(CC)cc1N. The minimum atomic E-state index is 0.584. The molecule has 1 heterocycles. The van der Waals surface area contributed by atoms with E-state index in [2.05, 4.69) is 16.9 Å². The summed E-state index contributed by atoms with van der Waals surface area (Å²) in [5.41, 5.74) is 7.54. The van der Waals surface area contributed by atoms with E-state index in [0.717, 1.165) is 12.0 Å². The molecule has 0 aliphatic heterocycles. The smallest absolute Gasteiger partial charge is 0.175 e. The summed E-state index contributed by atoms with van der Waals surface area (Å²) >= 11 is 0. The van der Waals surface area contributed by atoms with Gasteiger partial charge in [-0.05, 0) is 31.1 Å². The van der Waals surface area contributed by atoms with Crippen LogP contribution in [0.15, 0.2) is 29.4 Å². The first-order chi connectivity index (χ1) is 6.77. The van der Waals surface area contributed by atoms with Gasteiger partial charge in [0.2, 0.25) is 0 Å². The van der Waals surface area contributed by atoms with E-state index in [1.54, 1.807) is 12.4 Å². The van der Waals surface area contributed by atoms with E-state index >= 15 is 0 Å². The van der Waals surface area contributed by atoms with E-state index < -0.39 is 0 Å². The van der Waals surface area contributed by atoms with E-state index in [-0.39, 0.29) is 0 Å². The number of hydrogen-bond donors (Lipinski definition) is 1. The predicted molar refractivity (Wildman–Crippen MR) is 61.0 cm³/mol. The Morgan fingerprint density at radius 2 is 2.36 bits per heavy atom. The molecular weight excluding hydrogens is 174 g/mol. The van der Waals surface area contributed by atoms with Crippen molar-refractivity contribution in [2.24, 2.45) is 4.99 Å². The van der Waals surface area contributed by atoms with E-state index in [1.165, 1.54) is 0 Å². The van der Waals surface area contributed by atoms with Crippen molar-refractivity contribution in [1.82, 2.24) is 4.98 Å². The molecule has 3 nitrogen and oxygen atoms in total. The molecule has 74 valence electrons. The van der Waals surface area contributed by atoms with Crippen LogP contribution in [0.25, 0.3) is 0 Å². The Labute approximate surface area is 84.4 Å². The van der Waals surface area contributed by atoms with Crippen molar-refractivity contribution in [2.45, 2.75) is 20.3 Å². The van der Waals surface area contributed by atoms with Gasteiger partial charge in [-0.15, -0.1) is 0 Å². The number of pyridine rings is 1. The molecule has 0 fully saturated rings. The Morgan fingerprint density at radius 1 is 1.57 bits per heavy atom. The molecule has 0 spiro atoms. The molecule has 0 atom stereocenters. The molecule has 0 saturated carbocycles. The Morgan fingerprint density at radius 3 is 2.93 bits per heavy atom. The van der Waals surface area contributed by atoms with Crippen molar-refractivity contribution in [3.63, 3.8) is 0 Å². The minimum absolute atomic E-state index is 0.584. The highest BCUT2D eigenvalue weighted by molar-refractivity contribution is 5.76. The van der Waals surface area contributed by atoms with Gasteiger partial charge in [-0.1, -0.05) is 13.0 Å². The molecule has 3 heteroatoms. The normalized spacial score (nSPS) is 11.6. The van der Waals surface area contributed by atoms with Gasteiger partial charge in [-0.3, -0.25) is 0 Å². The maximum atomic E-state index is 5.78. The van der Waals surface area contributed by atoms with Gasteiger partial charge in [-0.2, -0.15) is 0 Å². The van der Waals surface area contributed by atoms with Gasteiger partial charge in [0, 0.05) is 12.4 Å². The van der Waals surface area contributed by atoms with Crippen LogP contribution in [0.3, 0.4) is 0 Å². The lowest BCUT2D eigenvalue weighted by atomic mass is 10.2. The van der Waals surface area contributed by atoms with Gasteiger partial charge >= 0.3 is 0 Å². The lowest BCUT2D eigenvalue weighted by Gasteiger charge is -2.00. The molecule has 0 aromatic carbocycles. The first-order valence-electron chi connectivity index (χ1n) is 4.67. The summed E-state index contributed by atoms with van der Waals surface area (Å²) in [5.74, 6) is 0.584. The molecule has 0 aliphatic carbocycles. The van der Waals surface area contributed by atoms with Crippen molar-refractivity contribution in [1.29, 1.82) is 0 Å². The summed E-state index contributed by atoms with van der Waals surface area (Å²) in [6.07, 6.45) is 8.17. The monoisotopic (exact) mass is 189 g/mol.